The number of hydrogen-bond donors (Lipinski definition) is 0. The zero-order valence-electron chi connectivity index (χ0n) is 14.5. The van der Waals surface area contributed by atoms with E-state index in [1.54, 1.807) is 0 Å². The maximum Gasteiger partial charge on any atom is 0.155 e. The summed E-state index contributed by atoms with van der Waals surface area (Å²) in [7, 11) is 0. The van der Waals surface area contributed by atoms with Crippen LogP contribution in [0.15, 0.2) is 11.6 Å². The Hall–Kier alpha value is -0.590. The molecule has 22 heavy (non-hydrogen) atoms. The van der Waals surface area contributed by atoms with Gasteiger partial charge in [0, 0.05) is 6.42 Å². The van der Waals surface area contributed by atoms with Gasteiger partial charge >= 0.3 is 0 Å². The molecule has 1 nitrogen and oxygen atoms in total. The maximum absolute atomic E-state index is 11.9. The number of carbonyl (C=O) groups excluding carboxylic acids is 1. The van der Waals surface area contributed by atoms with E-state index in [4.69, 9.17) is 0 Å². The third-order valence-corrected chi connectivity index (χ3v) is 8.24. The van der Waals surface area contributed by atoms with E-state index < -0.39 is 0 Å². The van der Waals surface area contributed by atoms with Crippen LogP contribution in [0.2, 0.25) is 0 Å². The van der Waals surface area contributed by atoms with Crippen LogP contribution < -0.4 is 0 Å². The second-order valence-electron chi connectivity index (χ2n) is 9.01. The van der Waals surface area contributed by atoms with Crippen molar-refractivity contribution in [2.24, 2.45) is 28.6 Å². The largest absolute Gasteiger partial charge is 0.295 e. The van der Waals surface area contributed by atoms with Gasteiger partial charge in [0.15, 0.2) is 5.78 Å². The SMILES string of the molecule is CCC[C@@]12CCC[C@H]1[C@@H]1CCC3=CC(=O)CC[C@]3(C)[C@H]1CC2. The monoisotopic (exact) mass is 300 g/mol. The molecule has 4 aliphatic carbocycles. The molecular weight excluding hydrogens is 268 g/mol. The van der Waals surface area contributed by atoms with Gasteiger partial charge in [-0.05, 0) is 86.0 Å². The normalized spacial score (nSPS) is 47.5. The Morgan fingerprint density at radius 2 is 1.95 bits per heavy atom. The van der Waals surface area contributed by atoms with Gasteiger partial charge in [-0.1, -0.05) is 32.3 Å². The predicted octanol–water partition coefficient (Wildman–Crippen LogP) is 5.69. The maximum atomic E-state index is 11.9. The average Bonchev–Trinajstić information content (AvgIpc) is 2.92. The van der Waals surface area contributed by atoms with Crippen LogP contribution in [0.25, 0.3) is 0 Å². The highest BCUT2D eigenvalue weighted by Gasteiger charge is 2.57. The topological polar surface area (TPSA) is 17.1 Å². The quantitative estimate of drug-likeness (QED) is 0.640. The molecule has 0 saturated heterocycles. The minimum Gasteiger partial charge on any atom is -0.295 e. The summed E-state index contributed by atoms with van der Waals surface area (Å²) in [5.41, 5.74) is 2.58. The molecule has 0 unspecified atom stereocenters. The van der Waals surface area contributed by atoms with E-state index in [-0.39, 0.29) is 0 Å². The molecule has 5 atom stereocenters. The molecule has 3 saturated carbocycles. The molecule has 4 aliphatic rings. The molecular formula is C21H32O. The van der Waals surface area contributed by atoms with Crippen molar-refractivity contribution in [3.63, 3.8) is 0 Å². The van der Waals surface area contributed by atoms with Crippen molar-refractivity contribution in [3.05, 3.63) is 11.6 Å². The highest BCUT2D eigenvalue weighted by molar-refractivity contribution is 5.91. The smallest absolute Gasteiger partial charge is 0.155 e. The molecule has 3 fully saturated rings. The molecule has 0 N–H and O–H groups in total. The molecule has 122 valence electrons. The first-order valence-electron chi connectivity index (χ1n) is 9.83. The molecule has 0 aromatic heterocycles. The predicted molar refractivity (Wildman–Crippen MR) is 90.6 cm³/mol. The van der Waals surface area contributed by atoms with Crippen LogP contribution in [0.4, 0.5) is 0 Å². The highest BCUT2D eigenvalue weighted by atomic mass is 16.1. The molecule has 0 heterocycles. The van der Waals surface area contributed by atoms with Crippen LogP contribution in [0.3, 0.4) is 0 Å². The lowest BCUT2D eigenvalue weighted by Crippen LogP contribution is -2.50. The number of rotatable bonds is 2. The lowest BCUT2D eigenvalue weighted by atomic mass is 9.47. The Kier molecular flexibility index (Phi) is 3.55. The summed E-state index contributed by atoms with van der Waals surface area (Å²) in [6.07, 6.45) is 16.8. The third kappa shape index (κ3) is 2.00. The Balaban J connectivity index is 1.66. The Bertz CT molecular complexity index is 504. The summed E-state index contributed by atoms with van der Waals surface area (Å²) in [5.74, 6) is 3.22. The van der Waals surface area contributed by atoms with Gasteiger partial charge < -0.3 is 0 Å². The fourth-order valence-corrected chi connectivity index (χ4v) is 7.29. The molecule has 0 radical (unpaired) electrons. The number of ketones is 1. The van der Waals surface area contributed by atoms with Gasteiger partial charge in [0.2, 0.25) is 0 Å². The lowest BCUT2D eigenvalue weighted by molar-refractivity contribution is -0.117. The van der Waals surface area contributed by atoms with Gasteiger partial charge in [-0.15, -0.1) is 0 Å². The van der Waals surface area contributed by atoms with E-state index in [0.29, 0.717) is 16.6 Å². The summed E-state index contributed by atoms with van der Waals surface area (Å²) in [5, 5.41) is 0. The molecule has 0 aromatic rings. The van der Waals surface area contributed by atoms with Crippen LogP contribution in [0.5, 0.6) is 0 Å². The van der Waals surface area contributed by atoms with Crippen molar-refractivity contribution in [1.82, 2.24) is 0 Å². The van der Waals surface area contributed by atoms with E-state index in [1.165, 1.54) is 63.4 Å². The first kappa shape index (κ1) is 15.0. The summed E-state index contributed by atoms with van der Waals surface area (Å²) in [6, 6.07) is 0. The fourth-order valence-electron chi connectivity index (χ4n) is 7.29. The standard InChI is InChI=1S/C21H32O/c1-3-10-21-11-4-5-19(21)17-7-6-15-14-16(22)8-12-20(15,2)18(17)9-13-21/h14,17-19H,3-13H2,1-2H3/t17-,18+,19+,20+,21+/m1/s1. The summed E-state index contributed by atoms with van der Waals surface area (Å²) < 4.78 is 0. The van der Waals surface area contributed by atoms with E-state index in [0.717, 1.165) is 30.6 Å². The van der Waals surface area contributed by atoms with E-state index in [9.17, 15) is 4.79 Å². The zero-order chi connectivity index (χ0) is 15.4. The van der Waals surface area contributed by atoms with Crippen molar-refractivity contribution >= 4 is 5.78 Å². The first-order valence-corrected chi connectivity index (χ1v) is 9.83. The zero-order valence-corrected chi connectivity index (χ0v) is 14.5. The lowest BCUT2D eigenvalue weighted by Gasteiger charge is -2.58. The molecule has 0 bridgehead atoms. The van der Waals surface area contributed by atoms with Crippen molar-refractivity contribution < 1.29 is 4.79 Å². The molecule has 0 amide bonds. The van der Waals surface area contributed by atoms with Crippen molar-refractivity contribution in [2.75, 3.05) is 0 Å². The van der Waals surface area contributed by atoms with Gasteiger partial charge in [0.25, 0.3) is 0 Å². The number of hydrogen-bond acceptors (Lipinski definition) is 1. The second kappa shape index (κ2) is 5.21. The Labute approximate surface area is 135 Å². The van der Waals surface area contributed by atoms with E-state index in [1.807, 2.05) is 6.08 Å². The molecule has 4 rings (SSSR count). The van der Waals surface area contributed by atoms with Gasteiger partial charge in [-0.25, -0.2) is 0 Å². The summed E-state index contributed by atoms with van der Waals surface area (Å²) in [6.45, 7) is 4.88. The minimum atomic E-state index is 0.359. The van der Waals surface area contributed by atoms with Gasteiger partial charge in [0.1, 0.15) is 0 Å². The summed E-state index contributed by atoms with van der Waals surface area (Å²) >= 11 is 0. The van der Waals surface area contributed by atoms with Crippen LogP contribution in [0.1, 0.15) is 84.5 Å². The van der Waals surface area contributed by atoms with Crippen LogP contribution in [-0.4, -0.2) is 5.78 Å². The summed E-state index contributed by atoms with van der Waals surface area (Å²) in [4.78, 5) is 11.9. The number of carbonyl (C=O) groups is 1. The van der Waals surface area contributed by atoms with Gasteiger partial charge in [0.05, 0.1) is 0 Å². The Morgan fingerprint density at radius 1 is 1.09 bits per heavy atom. The highest BCUT2D eigenvalue weighted by Crippen LogP contribution is 2.66. The number of fused-ring (bicyclic) bond motifs is 5. The van der Waals surface area contributed by atoms with E-state index in [2.05, 4.69) is 13.8 Å². The van der Waals surface area contributed by atoms with E-state index >= 15 is 0 Å². The van der Waals surface area contributed by atoms with Crippen LogP contribution in [0, 0.1) is 28.6 Å². The van der Waals surface area contributed by atoms with Crippen LogP contribution in [-0.2, 0) is 4.79 Å². The van der Waals surface area contributed by atoms with Crippen molar-refractivity contribution in [1.29, 1.82) is 0 Å². The molecule has 0 spiro atoms. The molecule has 0 aromatic carbocycles. The average molecular weight is 300 g/mol. The third-order valence-electron chi connectivity index (χ3n) is 8.24. The van der Waals surface area contributed by atoms with Crippen molar-refractivity contribution in [3.8, 4) is 0 Å². The number of allylic oxidation sites excluding steroid dienone is 1. The second-order valence-corrected chi connectivity index (χ2v) is 9.01. The minimum absolute atomic E-state index is 0.359. The molecule has 0 aliphatic heterocycles. The van der Waals surface area contributed by atoms with Gasteiger partial charge in [-0.3, -0.25) is 4.79 Å². The molecule has 1 heteroatoms. The van der Waals surface area contributed by atoms with Crippen molar-refractivity contribution in [2.45, 2.75) is 84.5 Å². The van der Waals surface area contributed by atoms with Gasteiger partial charge in [-0.2, -0.15) is 0 Å². The fraction of sp³-hybridized carbons (Fsp3) is 0.857. The van der Waals surface area contributed by atoms with Crippen LogP contribution >= 0.6 is 0 Å². The first-order chi connectivity index (χ1) is 10.6. The Morgan fingerprint density at radius 3 is 2.77 bits per heavy atom.